The molecule has 4 rings (SSSR count). The van der Waals surface area contributed by atoms with Crippen LogP contribution in [0.4, 0.5) is 11.5 Å². The Morgan fingerprint density at radius 2 is 1.81 bits per heavy atom. The molecule has 228 valence electrons. The minimum Gasteiger partial charge on any atom is -0.493 e. The lowest BCUT2D eigenvalue weighted by molar-refractivity contribution is -0.120. The Morgan fingerprint density at radius 3 is 2.42 bits per heavy atom. The van der Waals surface area contributed by atoms with Gasteiger partial charge in [-0.25, -0.2) is 4.98 Å². The lowest BCUT2D eigenvalue weighted by Gasteiger charge is -2.23. The van der Waals surface area contributed by atoms with Crippen LogP contribution < -0.4 is 35.6 Å². The number of ether oxygens (including phenoxy) is 3. The Morgan fingerprint density at radius 1 is 1.07 bits per heavy atom. The van der Waals surface area contributed by atoms with E-state index in [4.69, 9.17) is 25.8 Å². The maximum absolute atomic E-state index is 13.8. The highest BCUT2D eigenvalue weighted by Gasteiger charge is 2.30. The van der Waals surface area contributed by atoms with Gasteiger partial charge in [-0.15, -0.1) is 0 Å². The molecule has 3 N–H and O–H groups in total. The number of halogens is 1. The number of hydrogen-bond acceptors (Lipinski definition) is 8. The number of aromatic nitrogens is 1. The Labute approximate surface area is 256 Å². The number of amides is 2. The molecule has 11 heteroatoms. The zero-order chi connectivity index (χ0) is 31.3. The normalized spacial score (nSPS) is 15.1. The van der Waals surface area contributed by atoms with E-state index in [9.17, 15) is 14.4 Å². The van der Waals surface area contributed by atoms with Crippen LogP contribution in [-0.4, -0.2) is 44.2 Å². The van der Waals surface area contributed by atoms with Gasteiger partial charge in [-0.2, -0.15) is 0 Å². The standard InChI is InChI=1S/C32H37ClN4O6/c1-7-17(2)29(32(40)37-27-13-9-20(33)16-34-27)36-24-12-10-21-22(15-25(24)39)23(35-18(3)38)11-8-19-14-26(41-4)30(42-5)31(43-6)28(19)21/h9-10,12-17,23,29H,7-8,11H2,1-6H3,(H,35,38)(H,36,39)(H,34,37,40). The van der Waals surface area contributed by atoms with E-state index in [-0.39, 0.29) is 28.8 Å². The number of nitrogens with one attached hydrogen (secondary N) is 3. The summed E-state index contributed by atoms with van der Waals surface area (Å²) >= 11 is 5.94. The molecule has 0 fully saturated rings. The number of aryl methyl sites for hydroxylation is 1. The number of fused-ring (bicyclic) bond motifs is 3. The second-order valence-corrected chi connectivity index (χ2v) is 10.9. The number of pyridine rings is 1. The highest BCUT2D eigenvalue weighted by Crippen LogP contribution is 2.50. The Bertz CT molecular complexity index is 1560. The van der Waals surface area contributed by atoms with Crippen molar-refractivity contribution in [3.05, 3.63) is 69.0 Å². The van der Waals surface area contributed by atoms with Crippen LogP contribution in [0.2, 0.25) is 5.02 Å². The third kappa shape index (κ3) is 6.85. The lowest BCUT2D eigenvalue weighted by Crippen LogP contribution is -2.40. The summed E-state index contributed by atoms with van der Waals surface area (Å²) in [7, 11) is 4.64. The number of carbonyl (C=O) groups excluding carboxylic acids is 2. The highest BCUT2D eigenvalue weighted by molar-refractivity contribution is 6.30. The number of rotatable bonds is 10. The summed E-state index contributed by atoms with van der Waals surface area (Å²) in [6.45, 7) is 5.35. The number of hydrogen-bond donors (Lipinski definition) is 3. The molecule has 0 bridgehead atoms. The van der Waals surface area contributed by atoms with Gasteiger partial charge in [-0.1, -0.05) is 37.9 Å². The molecular weight excluding hydrogens is 572 g/mol. The van der Waals surface area contributed by atoms with Crippen molar-refractivity contribution in [1.29, 1.82) is 0 Å². The first-order valence-corrected chi connectivity index (χ1v) is 14.5. The third-order valence-corrected chi connectivity index (χ3v) is 7.92. The number of benzene rings is 1. The molecule has 3 atom stereocenters. The molecule has 0 spiro atoms. The van der Waals surface area contributed by atoms with Crippen LogP contribution in [0, 0.1) is 5.92 Å². The van der Waals surface area contributed by atoms with Gasteiger partial charge in [0.2, 0.25) is 23.0 Å². The van der Waals surface area contributed by atoms with Crippen LogP contribution in [-0.2, 0) is 16.0 Å². The summed E-state index contributed by atoms with van der Waals surface area (Å²) in [6, 6.07) is 8.97. The number of methoxy groups -OCH3 is 3. The maximum atomic E-state index is 13.8. The third-order valence-electron chi connectivity index (χ3n) is 7.70. The molecule has 1 aliphatic rings. The molecule has 0 aliphatic heterocycles. The number of nitrogens with zero attached hydrogens (tertiary/aromatic N) is 1. The molecule has 2 aromatic carbocycles. The van der Waals surface area contributed by atoms with Crippen LogP contribution in [0.5, 0.6) is 17.2 Å². The van der Waals surface area contributed by atoms with E-state index in [2.05, 4.69) is 20.9 Å². The Hall–Kier alpha value is -4.31. The van der Waals surface area contributed by atoms with Gasteiger partial charge in [0, 0.05) is 18.7 Å². The molecule has 10 nitrogen and oxygen atoms in total. The molecule has 0 radical (unpaired) electrons. The fraction of sp³-hybridized carbons (Fsp3) is 0.375. The summed E-state index contributed by atoms with van der Waals surface area (Å²) in [5.74, 6) is 1.07. The lowest BCUT2D eigenvalue weighted by atomic mass is 9.95. The van der Waals surface area contributed by atoms with Crippen LogP contribution in [0.15, 0.2) is 47.4 Å². The average Bonchev–Trinajstić information content (AvgIpc) is 3.23. The minimum atomic E-state index is -0.741. The van der Waals surface area contributed by atoms with E-state index < -0.39 is 12.1 Å². The second-order valence-electron chi connectivity index (χ2n) is 10.5. The van der Waals surface area contributed by atoms with Crippen molar-refractivity contribution >= 4 is 34.9 Å². The predicted octanol–water partition coefficient (Wildman–Crippen LogP) is 5.38. The zero-order valence-corrected chi connectivity index (χ0v) is 25.9. The molecule has 43 heavy (non-hydrogen) atoms. The van der Waals surface area contributed by atoms with Crippen LogP contribution >= 0.6 is 11.6 Å². The fourth-order valence-electron chi connectivity index (χ4n) is 5.35. The number of carbonyl (C=O) groups is 2. The van der Waals surface area contributed by atoms with E-state index in [1.807, 2.05) is 26.0 Å². The second kappa shape index (κ2) is 13.8. The molecule has 1 aromatic heterocycles. The van der Waals surface area contributed by atoms with E-state index in [1.165, 1.54) is 26.3 Å². The van der Waals surface area contributed by atoms with Crippen molar-refractivity contribution < 1.29 is 23.8 Å². The van der Waals surface area contributed by atoms with E-state index in [1.54, 1.807) is 32.4 Å². The summed E-state index contributed by atoms with van der Waals surface area (Å²) in [5.41, 5.74) is 2.90. The first kappa shape index (κ1) is 31.6. The van der Waals surface area contributed by atoms with Crippen molar-refractivity contribution in [2.45, 2.75) is 52.1 Å². The topological polar surface area (TPSA) is 128 Å². The quantitative estimate of drug-likeness (QED) is 0.280. The van der Waals surface area contributed by atoms with Crippen molar-refractivity contribution in [3.8, 4) is 28.4 Å². The summed E-state index contributed by atoms with van der Waals surface area (Å²) < 4.78 is 17.1. The maximum Gasteiger partial charge on any atom is 0.248 e. The first-order chi connectivity index (χ1) is 20.6. The smallest absolute Gasteiger partial charge is 0.248 e. The van der Waals surface area contributed by atoms with Gasteiger partial charge < -0.3 is 30.2 Å². The Balaban J connectivity index is 1.86. The molecule has 2 amide bonds. The molecule has 0 saturated heterocycles. The van der Waals surface area contributed by atoms with Gasteiger partial charge in [-0.3, -0.25) is 14.4 Å². The van der Waals surface area contributed by atoms with Gasteiger partial charge in [0.25, 0.3) is 0 Å². The summed E-state index contributed by atoms with van der Waals surface area (Å²) in [4.78, 5) is 43.6. The van der Waals surface area contributed by atoms with Crippen molar-refractivity contribution in [2.24, 2.45) is 5.92 Å². The number of anilines is 2. The van der Waals surface area contributed by atoms with Crippen LogP contribution in [0.1, 0.15) is 50.8 Å². The largest absolute Gasteiger partial charge is 0.493 e. The molecule has 3 aromatic rings. The molecule has 1 aliphatic carbocycles. The summed E-state index contributed by atoms with van der Waals surface area (Å²) in [5, 5.41) is 9.46. The predicted molar refractivity (Wildman–Crippen MR) is 167 cm³/mol. The SMILES string of the molecule is CCC(C)C(Nc1ccc2c(cc1=O)C(NC(C)=O)CCc1cc(OC)c(OC)c(OC)c1-2)C(=O)Nc1ccc(Cl)cn1. The first-order valence-electron chi connectivity index (χ1n) is 14.1. The van der Waals surface area contributed by atoms with Gasteiger partial charge in [0.15, 0.2) is 11.5 Å². The highest BCUT2D eigenvalue weighted by atomic mass is 35.5. The van der Waals surface area contributed by atoms with Crippen LogP contribution in [0.3, 0.4) is 0 Å². The molecule has 1 heterocycles. The fourth-order valence-corrected chi connectivity index (χ4v) is 5.46. The monoisotopic (exact) mass is 608 g/mol. The van der Waals surface area contributed by atoms with Gasteiger partial charge in [0.05, 0.1) is 38.1 Å². The molecule has 3 unspecified atom stereocenters. The average molecular weight is 609 g/mol. The molecular formula is C32H37ClN4O6. The van der Waals surface area contributed by atoms with Gasteiger partial charge in [-0.05, 0) is 65.8 Å². The van der Waals surface area contributed by atoms with Crippen LogP contribution in [0.25, 0.3) is 11.1 Å². The zero-order valence-electron chi connectivity index (χ0n) is 25.2. The van der Waals surface area contributed by atoms with E-state index in [0.29, 0.717) is 58.5 Å². The van der Waals surface area contributed by atoms with E-state index >= 15 is 0 Å². The van der Waals surface area contributed by atoms with Crippen molar-refractivity contribution in [1.82, 2.24) is 10.3 Å². The van der Waals surface area contributed by atoms with Crippen molar-refractivity contribution in [3.63, 3.8) is 0 Å². The van der Waals surface area contributed by atoms with Gasteiger partial charge in [0.1, 0.15) is 11.9 Å². The van der Waals surface area contributed by atoms with Crippen molar-refractivity contribution in [2.75, 3.05) is 32.0 Å². The molecule has 0 saturated carbocycles. The summed E-state index contributed by atoms with van der Waals surface area (Å²) in [6.07, 6.45) is 3.25. The van der Waals surface area contributed by atoms with E-state index in [0.717, 1.165) is 11.1 Å². The van der Waals surface area contributed by atoms with Gasteiger partial charge >= 0.3 is 0 Å². The minimum absolute atomic E-state index is 0.125. The Kier molecular flexibility index (Phi) is 10.1.